The summed E-state index contributed by atoms with van der Waals surface area (Å²) < 4.78 is 5.12. The van der Waals surface area contributed by atoms with E-state index < -0.39 is 18.1 Å². The van der Waals surface area contributed by atoms with Crippen molar-refractivity contribution in [3.05, 3.63) is 0 Å². The van der Waals surface area contributed by atoms with Crippen LogP contribution in [0.2, 0.25) is 0 Å². The monoisotopic (exact) mass is 294 g/mol. The number of rotatable bonds is 6. The molecule has 0 spiro atoms. The van der Waals surface area contributed by atoms with Gasteiger partial charge in [0.25, 0.3) is 0 Å². The predicted octanol–water partition coefficient (Wildman–Crippen LogP) is 1.48. The van der Waals surface area contributed by atoms with Gasteiger partial charge in [0.05, 0.1) is 12.1 Å². The summed E-state index contributed by atoms with van der Waals surface area (Å²) in [5.41, 5.74) is 5.75. The second-order valence-corrected chi connectivity index (χ2v) is 5.49. The van der Waals surface area contributed by atoms with Crippen LogP contribution in [0.4, 0.5) is 0 Å². The summed E-state index contributed by atoms with van der Waals surface area (Å²) in [5.74, 6) is -0.743. The zero-order valence-corrected chi connectivity index (χ0v) is 13.4. The topological polar surface area (TPSA) is 81.4 Å². The first kappa shape index (κ1) is 20.5. The maximum atomic E-state index is 11.8. The minimum absolute atomic E-state index is 0. The summed E-state index contributed by atoms with van der Waals surface area (Å²) in [6.07, 6.45) is -0.200. The summed E-state index contributed by atoms with van der Waals surface area (Å²) in [7, 11) is 0. The number of amides is 1. The molecule has 0 unspecified atom stereocenters. The number of nitrogens with two attached hydrogens (primary N) is 1. The molecule has 0 aromatic rings. The Balaban J connectivity index is 0. The van der Waals surface area contributed by atoms with Crippen LogP contribution >= 0.6 is 12.4 Å². The number of carbonyl (C=O) groups excluding carboxylic acids is 2. The number of nitrogens with one attached hydrogen (secondary N) is 1. The lowest BCUT2D eigenvalue weighted by Gasteiger charge is -2.24. The van der Waals surface area contributed by atoms with Crippen LogP contribution < -0.4 is 11.1 Å². The van der Waals surface area contributed by atoms with Crippen LogP contribution in [0.5, 0.6) is 0 Å². The number of esters is 1. The van der Waals surface area contributed by atoms with E-state index in [9.17, 15) is 9.59 Å². The van der Waals surface area contributed by atoms with Crippen molar-refractivity contribution in [3.63, 3.8) is 0 Å². The van der Waals surface area contributed by atoms with Crippen LogP contribution in [0.15, 0.2) is 0 Å². The lowest BCUT2D eigenvalue weighted by atomic mass is 10.0. The van der Waals surface area contributed by atoms with Gasteiger partial charge in [0, 0.05) is 0 Å². The molecule has 0 rings (SSSR count). The zero-order chi connectivity index (χ0) is 14.5. The van der Waals surface area contributed by atoms with Gasteiger partial charge in [-0.1, -0.05) is 27.7 Å². The van der Waals surface area contributed by atoms with Gasteiger partial charge in [0.2, 0.25) is 5.91 Å². The van der Waals surface area contributed by atoms with E-state index in [0.29, 0.717) is 0 Å². The van der Waals surface area contributed by atoms with Crippen LogP contribution in [0.3, 0.4) is 0 Å². The number of hydrogen-bond acceptors (Lipinski definition) is 4. The second kappa shape index (κ2) is 9.15. The maximum absolute atomic E-state index is 11.8. The molecule has 0 aromatic carbocycles. The molecule has 3 N–H and O–H groups in total. The third-order valence-electron chi connectivity index (χ3n) is 2.59. The highest BCUT2D eigenvalue weighted by Crippen LogP contribution is 2.07. The summed E-state index contributed by atoms with van der Waals surface area (Å²) in [6, 6.07) is -1.26. The van der Waals surface area contributed by atoms with Crippen LogP contribution in [0, 0.1) is 11.8 Å². The van der Waals surface area contributed by atoms with Crippen molar-refractivity contribution in [3.8, 4) is 0 Å². The summed E-state index contributed by atoms with van der Waals surface area (Å²) in [5, 5.41) is 2.66. The van der Waals surface area contributed by atoms with Gasteiger partial charge in [-0.2, -0.15) is 0 Å². The summed E-state index contributed by atoms with van der Waals surface area (Å²) in [6.45, 7) is 11.0. The van der Waals surface area contributed by atoms with Gasteiger partial charge in [-0.25, -0.2) is 4.79 Å². The molecule has 0 bridgehead atoms. The van der Waals surface area contributed by atoms with Gasteiger partial charge in [0.1, 0.15) is 6.04 Å². The Kier molecular flexibility index (Phi) is 9.88. The molecular weight excluding hydrogens is 268 g/mol. The van der Waals surface area contributed by atoms with Gasteiger partial charge in [-0.05, 0) is 25.7 Å². The number of halogens is 1. The van der Waals surface area contributed by atoms with Crippen LogP contribution in [-0.2, 0) is 14.3 Å². The molecule has 0 aromatic heterocycles. The van der Waals surface area contributed by atoms with E-state index in [4.69, 9.17) is 10.5 Å². The Hall–Kier alpha value is -0.810. The molecular formula is C13H27ClN2O3. The highest BCUT2D eigenvalue weighted by molar-refractivity contribution is 5.87. The third-order valence-corrected chi connectivity index (χ3v) is 2.59. The fourth-order valence-electron chi connectivity index (χ4n) is 1.36. The molecule has 1 amide bonds. The van der Waals surface area contributed by atoms with Crippen molar-refractivity contribution < 1.29 is 14.3 Å². The van der Waals surface area contributed by atoms with Crippen LogP contribution in [0.1, 0.15) is 41.5 Å². The Morgan fingerprint density at radius 1 is 1.00 bits per heavy atom. The van der Waals surface area contributed by atoms with Crippen molar-refractivity contribution in [2.75, 3.05) is 0 Å². The SMILES string of the molecule is CC(C)OC(=O)[C@@H](NC(=O)[C@@H](N)C(C)C)C(C)C.Cl. The lowest BCUT2D eigenvalue weighted by molar-refractivity contribution is -0.153. The summed E-state index contributed by atoms with van der Waals surface area (Å²) >= 11 is 0. The van der Waals surface area contributed by atoms with E-state index in [1.807, 2.05) is 27.7 Å². The highest BCUT2D eigenvalue weighted by Gasteiger charge is 2.29. The first-order chi connectivity index (χ1) is 8.16. The van der Waals surface area contributed by atoms with Gasteiger partial charge in [0.15, 0.2) is 0 Å². The van der Waals surface area contributed by atoms with E-state index in [2.05, 4.69) is 5.32 Å². The van der Waals surface area contributed by atoms with E-state index >= 15 is 0 Å². The second-order valence-electron chi connectivity index (χ2n) is 5.49. The van der Waals surface area contributed by atoms with Gasteiger partial charge < -0.3 is 15.8 Å². The van der Waals surface area contributed by atoms with Crippen LogP contribution in [-0.4, -0.2) is 30.1 Å². The van der Waals surface area contributed by atoms with Crippen molar-refractivity contribution in [2.24, 2.45) is 17.6 Å². The molecule has 5 nitrogen and oxygen atoms in total. The first-order valence-corrected chi connectivity index (χ1v) is 6.43. The number of carbonyl (C=O) groups is 2. The van der Waals surface area contributed by atoms with Gasteiger partial charge in [-0.3, -0.25) is 4.79 Å². The van der Waals surface area contributed by atoms with E-state index in [0.717, 1.165) is 0 Å². The highest BCUT2D eigenvalue weighted by atomic mass is 35.5. The Labute approximate surface area is 122 Å². The van der Waals surface area contributed by atoms with Gasteiger partial charge >= 0.3 is 5.97 Å². The van der Waals surface area contributed by atoms with Crippen molar-refractivity contribution in [1.29, 1.82) is 0 Å². The fraction of sp³-hybridized carbons (Fsp3) is 0.846. The minimum Gasteiger partial charge on any atom is -0.461 e. The normalized spacial score (nSPS) is 14.0. The predicted molar refractivity (Wildman–Crippen MR) is 78.1 cm³/mol. The molecule has 0 aliphatic rings. The number of ether oxygens (including phenoxy) is 1. The van der Waals surface area contributed by atoms with Crippen LogP contribution in [0.25, 0.3) is 0 Å². The molecule has 0 heterocycles. The fourth-order valence-corrected chi connectivity index (χ4v) is 1.36. The molecule has 0 saturated carbocycles. The third kappa shape index (κ3) is 7.38. The largest absolute Gasteiger partial charge is 0.461 e. The summed E-state index contributed by atoms with van der Waals surface area (Å²) in [4.78, 5) is 23.7. The molecule has 0 aliphatic carbocycles. The standard InChI is InChI=1S/C13H26N2O3.ClH/c1-7(2)10(14)12(16)15-11(8(3)4)13(17)18-9(5)6;/h7-11H,14H2,1-6H3,(H,15,16);1H/t10-,11-;/m0./s1. The zero-order valence-electron chi connectivity index (χ0n) is 12.6. The molecule has 0 aliphatic heterocycles. The average molecular weight is 295 g/mol. The van der Waals surface area contributed by atoms with Crippen molar-refractivity contribution in [1.82, 2.24) is 5.32 Å². The minimum atomic E-state index is -0.648. The van der Waals surface area contributed by atoms with Crippen molar-refractivity contribution in [2.45, 2.75) is 59.7 Å². The van der Waals surface area contributed by atoms with E-state index in [-0.39, 0.29) is 36.3 Å². The lowest BCUT2D eigenvalue weighted by Crippen LogP contribution is -2.52. The van der Waals surface area contributed by atoms with Crippen molar-refractivity contribution >= 4 is 24.3 Å². The maximum Gasteiger partial charge on any atom is 0.329 e. The molecule has 0 fully saturated rings. The number of hydrogen-bond donors (Lipinski definition) is 2. The first-order valence-electron chi connectivity index (χ1n) is 6.43. The Morgan fingerprint density at radius 2 is 1.47 bits per heavy atom. The quantitative estimate of drug-likeness (QED) is 0.727. The van der Waals surface area contributed by atoms with E-state index in [1.54, 1.807) is 13.8 Å². The molecule has 2 atom stereocenters. The Morgan fingerprint density at radius 3 is 1.79 bits per heavy atom. The van der Waals surface area contributed by atoms with Gasteiger partial charge in [-0.15, -0.1) is 12.4 Å². The average Bonchev–Trinajstić information content (AvgIpc) is 2.22. The Bertz CT molecular complexity index is 294. The molecule has 6 heteroatoms. The molecule has 0 saturated heterocycles. The smallest absolute Gasteiger partial charge is 0.329 e. The molecule has 19 heavy (non-hydrogen) atoms. The van der Waals surface area contributed by atoms with E-state index in [1.165, 1.54) is 0 Å². The molecule has 0 radical (unpaired) electrons. The molecule has 114 valence electrons.